The zero-order valence-electron chi connectivity index (χ0n) is 9.93. The van der Waals surface area contributed by atoms with Crippen LogP contribution >= 0.6 is 0 Å². The molecule has 94 valence electrons. The van der Waals surface area contributed by atoms with Crippen molar-refractivity contribution in [1.29, 1.82) is 0 Å². The number of benzene rings is 1. The van der Waals surface area contributed by atoms with Gasteiger partial charge in [0.15, 0.2) is 0 Å². The third kappa shape index (κ3) is 3.75. The average Bonchev–Trinajstić information content (AvgIpc) is 2.84. The lowest BCUT2D eigenvalue weighted by Gasteiger charge is -2.04. The first-order valence-corrected chi connectivity index (χ1v) is 5.77. The number of carboxylic acid groups (broad SMARTS) is 1. The Morgan fingerprint density at radius 1 is 1.11 bits per heavy atom. The molecule has 4 heteroatoms. The molecule has 2 aromatic rings. The predicted molar refractivity (Wildman–Crippen MR) is 67.0 cm³/mol. The summed E-state index contributed by atoms with van der Waals surface area (Å²) in [6, 6.07) is 11.3. The zero-order chi connectivity index (χ0) is 12.8. The highest BCUT2D eigenvalue weighted by atomic mass is 16.4. The molecule has 2 rings (SSSR count). The number of aliphatic carboxylic acids is 1. The van der Waals surface area contributed by atoms with Crippen molar-refractivity contribution in [2.24, 2.45) is 0 Å². The van der Waals surface area contributed by atoms with Gasteiger partial charge in [-0.2, -0.15) is 0 Å². The molecule has 2 N–H and O–H groups in total. The van der Waals surface area contributed by atoms with Crippen molar-refractivity contribution in [1.82, 2.24) is 5.32 Å². The van der Waals surface area contributed by atoms with Crippen molar-refractivity contribution >= 4 is 5.97 Å². The Balaban J connectivity index is 1.81. The van der Waals surface area contributed by atoms with Crippen molar-refractivity contribution in [2.45, 2.75) is 19.5 Å². The summed E-state index contributed by atoms with van der Waals surface area (Å²) >= 11 is 0. The lowest BCUT2D eigenvalue weighted by atomic mass is 10.1. The van der Waals surface area contributed by atoms with Crippen LogP contribution in [0.2, 0.25) is 0 Å². The first-order chi connectivity index (χ1) is 8.74. The Labute approximate surface area is 105 Å². The molecule has 0 aliphatic carbocycles. The first kappa shape index (κ1) is 12.4. The normalized spacial score (nSPS) is 10.4. The van der Waals surface area contributed by atoms with Gasteiger partial charge in [0.25, 0.3) is 0 Å². The summed E-state index contributed by atoms with van der Waals surface area (Å²) in [6.07, 6.45) is 1.72. The molecule has 0 aliphatic heterocycles. The van der Waals surface area contributed by atoms with Crippen LogP contribution in [0.15, 0.2) is 47.1 Å². The molecule has 0 unspecified atom stereocenters. The zero-order valence-corrected chi connectivity index (χ0v) is 9.93. The fraction of sp³-hybridized carbons (Fsp3) is 0.214. The number of rotatable bonds is 6. The van der Waals surface area contributed by atoms with Gasteiger partial charge in [-0.05, 0) is 23.3 Å². The molecule has 0 fully saturated rings. The number of hydrogen-bond donors (Lipinski definition) is 2. The number of carboxylic acids is 1. The van der Waals surface area contributed by atoms with Crippen LogP contribution in [0.25, 0.3) is 0 Å². The summed E-state index contributed by atoms with van der Waals surface area (Å²) in [7, 11) is 0. The molecule has 0 atom stereocenters. The van der Waals surface area contributed by atoms with Crippen molar-refractivity contribution in [3.8, 4) is 0 Å². The van der Waals surface area contributed by atoms with Gasteiger partial charge < -0.3 is 14.8 Å². The molecule has 0 saturated carbocycles. The molecule has 1 aromatic heterocycles. The van der Waals surface area contributed by atoms with Crippen molar-refractivity contribution in [2.75, 3.05) is 0 Å². The number of carbonyl (C=O) groups is 1. The fourth-order valence-electron chi connectivity index (χ4n) is 1.69. The van der Waals surface area contributed by atoms with Gasteiger partial charge in [0, 0.05) is 6.54 Å². The Morgan fingerprint density at radius 2 is 1.83 bits per heavy atom. The van der Waals surface area contributed by atoms with E-state index in [0.717, 1.165) is 23.4 Å². The molecule has 1 heterocycles. The smallest absolute Gasteiger partial charge is 0.307 e. The van der Waals surface area contributed by atoms with Crippen molar-refractivity contribution in [3.63, 3.8) is 0 Å². The van der Waals surface area contributed by atoms with E-state index in [1.54, 1.807) is 6.26 Å². The molecule has 0 bridgehead atoms. The van der Waals surface area contributed by atoms with Gasteiger partial charge >= 0.3 is 5.97 Å². The Bertz CT molecular complexity index is 488. The van der Waals surface area contributed by atoms with Gasteiger partial charge in [0.1, 0.15) is 5.76 Å². The topological polar surface area (TPSA) is 62.5 Å². The molecule has 18 heavy (non-hydrogen) atoms. The maximum absolute atomic E-state index is 10.5. The third-order valence-corrected chi connectivity index (χ3v) is 2.59. The SMILES string of the molecule is O=C(O)Cc1ccc(CNCc2ccco2)cc1. The molecule has 0 spiro atoms. The second-order valence-corrected chi connectivity index (χ2v) is 4.07. The molecular weight excluding hydrogens is 230 g/mol. The molecule has 0 amide bonds. The van der Waals surface area contributed by atoms with Crippen LogP contribution in [0.3, 0.4) is 0 Å². The highest BCUT2D eigenvalue weighted by Crippen LogP contribution is 2.06. The van der Waals surface area contributed by atoms with Gasteiger partial charge in [0.05, 0.1) is 19.2 Å². The Morgan fingerprint density at radius 3 is 2.44 bits per heavy atom. The van der Waals surface area contributed by atoms with Crippen LogP contribution in [0.4, 0.5) is 0 Å². The van der Waals surface area contributed by atoms with E-state index in [0.29, 0.717) is 6.54 Å². The second-order valence-electron chi connectivity index (χ2n) is 4.07. The molecule has 1 aromatic carbocycles. The van der Waals surface area contributed by atoms with Crippen LogP contribution < -0.4 is 5.32 Å². The maximum atomic E-state index is 10.5. The van der Waals surface area contributed by atoms with Gasteiger partial charge in [-0.15, -0.1) is 0 Å². The van der Waals surface area contributed by atoms with Gasteiger partial charge in [-0.3, -0.25) is 4.79 Å². The number of hydrogen-bond acceptors (Lipinski definition) is 3. The number of furan rings is 1. The molecule has 0 aliphatic rings. The summed E-state index contributed by atoms with van der Waals surface area (Å²) in [5, 5.41) is 11.9. The summed E-state index contributed by atoms with van der Waals surface area (Å²) in [5.74, 6) is 0.0937. The van der Waals surface area contributed by atoms with Gasteiger partial charge in [-0.1, -0.05) is 24.3 Å². The standard InChI is InChI=1S/C14H15NO3/c16-14(17)8-11-3-5-12(6-4-11)9-15-10-13-2-1-7-18-13/h1-7,15H,8-10H2,(H,16,17). The Hall–Kier alpha value is -2.07. The van der Waals surface area contributed by atoms with E-state index in [9.17, 15) is 4.79 Å². The first-order valence-electron chi connectivity index (χ1n) is 5.77. The number of nitrogens with one attached hydrogen (secondary N) is 1. The third-order valence-electron chi connectivity index (χ3n) is 2.59. The minimum Gasteiger partial charge on any atom is -0.481 e. The summed E-state index contributed by atoms with van der Waals surface area (Å²) in [6.45, 7) is 1.41. The highest BCUT2D eigenvalue weighted by molar-refractivity contribution is 5.70. The molecule has 0 radical (unpaired) electrons. The van der Waals surface area contributed by atoms with Crippen molar-refractivity contribution < 1.29 is 14.3 Å². The van der Waals surface area contributed by atoms with Crippen LogP contribution in [0.5, 0.6) is 0 Å². The van der Waals surface area contributed by atoms with E-state index in [4.69, 9.17) is 9.52 Å². The summed E-state index contributed by atoms with van der Waals surface area (Å²) < 4.78 is 5.21. The molecule has 4 nitrogen and oxygen atoms in total. The van der Waals surface area contributed by atoms with Crippen molar-refractivity contribution in [3.05, 3.63) is 59.5 Å². The van der Waals surface area contributed by atoms with E-state index in [2.05, 4.69) is 5.32 Å². The van der Waals surface area contributed by atoms with Crippen LogP contribution in [0.1, 0.15) is 16.9 Å². The Kier molecular flexibility index (Phi) is 4.15. The monoisotopic (exact) mass is 245 g/mol. The summed E-state index contributed by atoms with van der Waals surface area (Å²) in [4.78, 5) is 10.5. The summed E-state index contributed by atoms with van der Waals surface area (Å²) in [5.41, 5.74) is 1.94. The molecular formula is C14H15NO3. The van der Waals surface area contributed by atoms with E-state index in [1.165, 1.54) is 0 Å². The van der Waals surface area contributed by atoms with E-state index < -0.39 is 5.97 Å². The average molecular weight is 245 g/mol. The minimum absolute atomic E-state index is 0.0695. The van der Waals surface area contributed by atoms with Gasteiger partial charge in [0.2, 0.25) is 0 Å². The van der Waals surface area contributed by atoms with E-state index in [-0.39, 0.29) is 6.42 Å². The predicted octanol–water partition coefficient (Wildman–Crippen LogP) is 2.20. The lowest BCUT2D eigenvalue weighted by molar-refractivity contribution is -0.136. The largest absolute Gasteiger partial charge is 0.481 e. The fourth-order valence-corrected chi connectivity index (χ4v) is 1.69. The van der Waals surface area contributed by atoms with E-state index in [1.807, 2.05) is 36.4 Å². The maximum Gasteiger partial charge on any atom is 0.307 e. The minimum atomic E-state index is -0.807. The molecule has 0 saturated heterocycles. The van der Waals surface area contributed by atoms with Crippen LogP contribution in [-0.2, 0) is 24.3 Å². The van der Waals surface area contributed by atoms with Crippen LogP contribution in [0, 0.1) is 0 Å². The van der Waals surface area contributed by atoms with Gasteiger partial charge in [-0.25, -0.2) is 0 Å². The lowest BCUT2D eigenvalue weighted by Crippen LogP contribution is -2.12. The second kappa shape index (κ2) is 6.02. The van der Waals surface area contributed by atoms with Crippen LogP contribution in [-0.4, -0.2) is 11.1 Å². The quantitative estimate of drug-likeness (QED) is 0.819. The van der Waals surface area contributed by atoms with E-state index >= 15 is 0 Å². The highest BCUT2D eigenvalue weighted by Gasteiger charge is 2.00.